The Morgan fingerprint density at radius 2 is 1.89 bits per heavy atom. The Labute approximate surface area is 203 Å². The normalized spacial score (nSPS) is 11.6. The molecule has 3 aromatic rings. The molecule has 0 aliphatic rings. The molecule has 3 rings (SSSR count). The van der Waals surface area contributed by atoms with Crippen molar-refractivity contribution in [1.82, 2.24) is 10.3 Å². The molecule has 180 valence electrons. The summed E-state index contributed by atoms with van der Waals surface area (Å²) in [5.41, 5.74) is 2.15. The van der Waals surface area contributed by atoms with E-state index in [0.717, 1.165) is 5.56 Å². The number of halogens is 1. The molecule has 0 radical (unpaired) electrons. The molecule has 2 amide bonds. The number of anilines is 1. The number of nitrogens with one attached hydrogen (secondary N) is 2. The van der Waals surface area contributed by atoms with Gasteiger partial charge in [0.05, 0.1) is 12.7 Å². The van der Waals surface area contributed by atoms with Crippen molar-refractivity contribution in [3.8, 4) is 5.75 Å². The average Bonchev–Trinajstić information content (AvgIpc) is 2.86. The van der Waals surface area contributed by atoms with E-state index in [2.05, 4.69) is 27.2 Å². The van der Waals surface area contributed by atoms with Gasteiger partial charge in [0.2, 0.25) is 0 Å². The molecule has 0 aliphatic carbocycles. The second-order valence-electron chi connectivity index (χ2n) is 7.74. The highest BCUT2D eigenvalue weighted by molar-refractivity contribution is 6.04. The van der Waals surface area contributed by atoms with E-state index < -0.39 is 0 Å². The van der Waals surface area contributed by atoms with Crippen LogP contribution in [-0.2, 0) is 0 Å². The lowest BCUT2D eigenvalue weighted by Gasteiger charge is -2.17. The maximum absolute atomic E-state index is 13.0. The van der Waals surface area contributed by atoms with E-state index in [1.807, 2.05) is 13.0 Å². The molecule has 35 heavy (non-hydrogen) atoms. The van der Waals surface area contributed by atoms with Crippen molar-refractivity contribution in [2.24, 2.45) is 4.99 Å². The molecule has 0 bridgehead atoms. The van der Waals surface area contributed by atoms with Crippen LogP contribution >= 0.6 is 0 Å². The van der Waals surface area contributed by atoms with Gasteiger partial charge in [0, 0.05) is 41.7 Å². The zero-order valence-corrected chi connectivity index (χ0v) is 19.6. The summed E-state index contributed by atoms with van der Waals surface area (Å²) in [4.78, 5) is 33.6. The predicted octanol–water partition coefficient (Wildman–Crippen LogP) is 5.26. The Kier molecular flexibility index (Phi) is 8.83. The number of nitrogens with zero attached hydrogens (tertiary/aromatic N) is 2. The summed E-state index contributed by atoms with van der Waals surface area (Å²) < 4.78 is 18.3. The maximum Gasteiger partial charge on any atom is 0.257 e. The first-order valence-electron chi connectivity index (χ1n) is 11.0. The van der Waals surface area contributed by atoms with E-state index in [9.17, 15) is 14.0 Å². The standard InChI is InChI=1S/C27H27FN4O3/c1-4-6-21(32-27(34)23-7-5-8-24(35-3)18(23)2)15-16-29-25-14-9-19(17-30-25)26(33)31-22-12-10-20(28)11-13-22/h4-5,7-14,16-17,21H,1,6,15H2,2-3H3,(H,31,33)(H,32,34). The number of aromatic nitrogens is 1. The van der Waals surface area contributed by atoms with Gasteiger partial charge in [0.25, 0.3) is 11.8 Å². The van der Waals surface area contributed by atoms with Crippen LogP contribution < -0.4 is 15.4 Å². The Hall–Kier alpha value is -4.33. The molecule has 0 saturated heterocycles. The molecule has 1 atom stereocenters. The summed E-state index contributed by atoms with van der Waals surface area (Å²) in [5.74, 6) is 0.144. The molecule has 2 aromatic carbocycles. The van der Waals surface area contributed by atoms with E-state index >= 15 is 0 Å². The van der Waals surface area contributed by atoms with Crippen LogP contribution in [0, 0.1) is 12.7 Å². The van der Waals surface area contributed by atoms with Gasteiger partial charge < -0.3 is 15.4 Å². The number of methoxy groups -OCH3 is 1. The largest absolute Gasteiger partial charge is 0.496 e. The first kappa shape index (κ1) is 25.3. The average molecular weight is 475 g/mol. The molecule has 0 aliphatic heterocycles. The molecule has 1 aromatic heterocycles. The van der Waals surface area contributed by atoms with Crippen molar-refractivity contribution in [2.45, 2.75) is 25.8 Å². The van der Waals surface area contributed by atoms with E-state index in [0.29, 0.717) is 41.2 Å². The number of hydrogen-bond acceptors (Lipinski definition) is 5. The van der Waals surface area contributed by atoms with Gasteiger partial charge in [0.1, 0.15) is 11.6 Å². The lowest BCUT2D eigenvalue weighted by atomic mass is 10.1. The monoisotopic (exact) mass is 474 g/mol. The number of ether oxygens (including phenoxy) is 1. The highest BCUT2D eigenvalue weighted by Crippen LogP contribution is 2.21. The molecule has 1 unspecified atom stereocenters. The Morgan fingerprint density at radius 1 is 1.11 bits per heavy atom. The topological polar surface area (TPSA) is 92.7 Å². The number of pyridine rings is 1. The minimum atomic E-state index is -0.378. The van der Waals surface area contributed by atoms with Gasteiger partial charge in [-0.15, -0.1) is 6.58 Å². The Balaban J connectivity index is 1.59. The number of rotatable bonds is 10. The van der Waals surface area contributed by atoms with E-state index in [1.54, 1.807) is 43.7 Å². The molecule has 0 saturated carbocycles. The van der Waals surface area contributed by atoms with E-state index in [4.69, 9.17) is 4.74 Å². The highest BCUT2D eigenvalue weighted by atomic mass is 19.1. The fraction of sp³-hybridized carbons (Fsp3) is 0.185. The van der Waals surface area contributed by atoms with Gasteiger partial charge >= 0.3 is 0 Å². The number of benzene rings is 2. The van der Waals surface area contributed by atoms with Gasteiger partial charge in [-0.05, 0) is 61.9 Å². The van der Waals surface area contributed by atoms with Crippen molar-refractivity contribution in [2.75, 3.05) is 12.4 Å². The smallest absolute Gasteiger partial charge is 0.257 e. The quantitative estimate of drug-likeness (QED) is 0.310. The Morgan fingerprint density at radius 3 is 2.54 bits per heavy atom. The summed E-state index contributed by atoms with van der Waals surface area (Å²) in [5, 5.41) is 5.69. The number of amides is 2. The first-order valence-corrected chi connectivity index (χ1v) is 11.0. The number of aliphatic imine (C=N–C) groups is 1. The van der Waals surface area contributed by atoms with Crippen LogP contribution in [0.15, 0.2) is 78.4 Å². The second kappa shape index (κ2) is 12.2. The lowest BCUT2D eigenvalue weighted by Crippen LogP contribution is -2.35. The number of carbonyl (C=O) groups excluding carboxylic acids is 2. The van der Waals surface area contributed by atoms with Crippen LogP contribution in [0.3, 0.4) is 0 Å². The summed E-state index contributed by atoms with van der Waals surface area (Å²) >= 11 is 0. The number of hydrogen-bond donors (Lipinski definition) is 2. The van der Waals surface area contributed by atoms with Gasteiger partial charge in [-0.1, -0.05) is 12.1 Å². The van der Waals surface area contributed by atoms with Crippen molar-refractivity contribution in [3.63, 3.8) is 0 Å². The molecule has 2 N–H and O–H groups in total. The zero-order valence-electron chi connectivity index (χ0n) is 19.6. The lowest BCUT2D eigenvalue weighted by molar-refractivity contribution is 0.0937. The van der Waals surface area contributed by atoms with Crippen molar-refractivity contribution >= 4 is 29.5 Å². The SMILES string of the molecule is C=CCC(CC=Nc1ccc(C(=O)Nc2ccc(F)cc2)cn1)NC(=O)c1cccc(OC)c1C. The van der Waals surface area contributed by atoms with Gasteiger partial charge in [-0.3, -0.25) is 9.59 Å². The van der Waals surface area contributed by atoms with Crippen LogP contribution in [0.1, 0.15) is 39.1 Å². The van der Waals surface area contributed by atoms with Crippen molar-refractivity contribution < 1.29 is 18.7 Å². The summed E-state index contributed by atoms with van der Waals surface area (Å²) in [6, 6.07) is 13.9. The minimum absolute atomic E-state index is 0.198. The predicted molar refractivity (Wildman–Crippen MR) is 135 cm³/mol. The molecule has 0 fully saturated rings. The number of carbonyl (C=O) groups is 2. The van der Waals surface area contributed by atoms with Gasteiger partial charge in [0.15, 0.2) is 5.82 Å². The molecule has 0 spiro atoms. The molecule has 8 heteroatoms. The summed E-state index contributed by atoms with van der Waals surface area (Å²) in [6.45, 7) is 5.61. The summed E-state index contributed by atoms with van der Waals surface area (Å²) in [6.07, 6.45) is 5.86. The zero-order chi connectivity index (χ0) is 25.2. The van der Waals surface area contributed by atoms with E-state index in [-0.39, 0.29) is 23.7 Å². The fourth-order valence-corrected chi connectivity index (χ4v) is 3.37. The van der Waals surface area contributed by atoms with Crippen LogP contribution in [0.4, 0.5) is 15.9 Å². The van der Waals surface area contributed by atoms with Crippen LogP contribution in [0.5, 0.6) is 5.75 Å². The molecular formula is C27H27FN4O3. The highest BCUT2D eigenvalue weighted by Gasteiger charge is 2.16. The third kappa shape index (κ3) is 7.07. The van der Waals surface area contributed by atoms with Gasteiger partial charge in [-0.25, -0.2) is 14.4 Å². The molecule has 1 heterocycles. The van der Waals surface area contributed by atoms with Gasteiger partial charge in [-0.2, -0.15) is 0 Å². The maximum atomic E-state index is 13.0. The van der Waals surface area contributed by atoms with Crippen LogP contribution in [-0.4, -0.2) is 36.2 Å². The van der Waals surface area contributed by atoms with Crippen molar-refractivity contribution in [1.29, 1.82) is 0 Å². The van der Waals surface area contributed by atoms with Crippen molar-refractivity contribution in [3.05, 3.63) is 96.0 Å². The summed E-state index contributed by atoms with van der Waals surface area (Å²) in [7, 11) is 1.57. The minimum Gasteiger partial charge on any atom is -0.496 e. The third-order valence-electron chi connectivity index (χ3n) is 5.26. The molecule has 7 nitrogen and oxygen atoms in total. The van der Waals surface area contributed by atoms with Crippen LogP contribution in [0.25, 0.3) is 0 Å². The Bertz CT molecular complexity index is 1210. The van der Waals surface area contributed by atoms with Crippen LogP contribution in [0.2, 0.25) is 0 Å². The third-order valence-corrected chi connectivity index (χ3v) is 5.26. The second-order valence-corrected chi connectivity index (χ2v) is 7.74. The molecular weight excluding hydrogens is 447 g/mol. The fourth-order valence-electron chi connectivity index (χ4n) is 3.37. The first-order chi connectivity index (χ1) is 16.9. The van der Waals surface area contributed by atoms with E-state index in [1.165, 1.54) is 30.5 Å².